The van der Waals surface area contributed by atoms with E-state index in [-0.39, 0.29) is 16.7 Å². The van der Waals surface area contributed by atoms with Crippen LogP contribution in [0, 0.1) is 45.8 Å². The second kappa shape index (κ2) is 7.17. The molecule has 3 saturated carbocycles. The first-order valence-electron chi connectivity index (χ1n) is 11.1. The van der Waals surface area contributed by atoms with Crippen LogP contribution in [0.5, 0.6) is 0 Å². The van der Waals surface area contributed by atoms with Crippen LogP contribution in [-0.4, -0.2) is 78.5 Å². The van der Waals surface area contributed by atoms with Crippen LogP contribution in [0.2, 0.25) is 0 Å². The van der Waals surface area contributed by atoms with Crippen molar-refractivity contribution in [1.82, 2.24) is 0 Å². The van der Waals surface area contributed by atoms with Crippen molar-refractivity contribution in [2.45, 2.75) is 0 Å². The van der Waals surface area contributed by atoms with Crippen LogP contribution in [0.25, 0.3) is 0 Å². The van der Waals surface area contributed by atoms with E-state index < -0.39 is 81.7 Å². The lowest BCUT2D eigenvalue weighted by Gasteiger charge is -2.91. The molecule has 192 valence electrons. The minimum absolute atomic E-state index is 0.00408. The van der Waals surface area contributed by atoms with Gasteiger partial charge < -0.3 is 28.4 Å². The molecule has 0 saturated heterocycles. The minimum atomic E-state index is -1.80. The molecule has 0 heterocycles. The van der Waals surface area contributed by atoms with E-state index in [1.165, 1.54) is 6.08 Å². The van der Waals surface area contributed by atoms with E-state index >= 15 is 0 Å². The molecule has 0 aromatic heterocycles. The number of rotatable bonds is 6. The molecule has 0 spiro atoms. The Morgan fingerprint density at radius 3 is 1.50 bits per heavy atom. The van der Waals surface area contributed by atoms with Crippen molar-refractivity contribution in [2.75, 3.05) is 42.7 Å². The number of carbonyl (C=O) groups excluding carboxylic acids is 6. The van der Waals surface area contributed by atoms with Gasteiger partial charge in [-0.25, -0.2) is 14.4 Å². The highest BCUT2D eigenvalue weighted by Gasteiger charge is 3.05. The van der Waals surface area contributed by atoms with Crippen LogP contribution < -0.4 is 0 Å². The topological polar surface area (TPSA) is 158 Å². The number of carbonyl (C=O) groups is 6. The summed E-state index contributed by atoms with van der Waals surface area (Å²) in [6.07, 6.45) is 1.52. The van der Waals surface area contributed by atoms with Crippen molar-refractivity contribution in [3.05, 3.63) is 22.8 Å². The molecule has 12 nitrogen and oxygen atoms in total. The van der Waals surface area contributed by atoms with Crippen LogP contribution in [-0.2, 0) is 57.2 Å². The molecule has 36 heavy (non-hydrogen) atoms. The summed E-state index contributed by atoms with van der Waals surface area (Å²) in [7, 11) is 6.79. The zero-order valence-corrected chi connectivity index (χ0v) is 20.4. The summed E-state index contributed by atoms with van der Waals surface area (Å²) in [6.45, 7) is 0. The summed E-state index contributed by atoms with van der Waals surface area (Å²) in [5.41, 5.74) is -5.24. The Kier molecular flexibility index (Phi) is 4.78. The maximum atomic E-state index is 13.7. The first-order valence-corrected chi connectivity index (χ1v) is 11.1. The molecule has 5 rings (SSSR count). The van der Waals surface area contributed by atoms with E-state index in [1.54, 1.807) is 0 Å². The Hall–Kier alpha value is -3.70. The quantitative estimate of drug-likeness (QED) is 0.256. The second-order valence-electron chi connectivity index (χ2n) is 9.45. The average molecular weight is 504 g/mol. The van der Waals surface area contributed by atoms with Crippen molar-refractivity contribution in [1.29, 1.82) is 0 Å². The van der Waals surface area contributed by atoms with E-state index in [0.717, 1.165) is 42.7 Å². The zero-order chi connectivity index (χ0) is 26.5. The highest BCUT2D eigenvalue weighted by atomic mass is 16.5. The summed E-state index contributed by atoms with van der Waals surface area (Å²) in [4.78, 5) is 78.6. The third kappa shape index (κ3) is 1.89. The Morgan fingerprint density at radius 1 is 0.611 bits per heavy atom. The van der Waals surface area contributed by atoms with E-state index in [1.807, 2.05) is 0 Å². The third-order valence-electron chi connectivity index (χ3n) is 9.27. The fourth-order valence-electron chi connectivity index (χ4n) is 8.44. The number of methoxy groups -OCH3 is 6. The van der Waals surface area contributed by atoms with Gasteiger partial charge in [-0.3, -0.25) is 14.4 Å². The third-order valence-corrected chi connectivity index (χ3v) is 9.27. The lowest BCUT2D eigenvalue weighted by atomic mass is 9.07. The Labute approximate surface area is 204 Å². The van der Waals surface area contributed by atoms with Crippen LogP contribution in [0.4, 0.5) is 0 Å². The smallest absolute Gasteiger partial charge is 0.334 e. The maximum absolute atomic E-state index is 13.7. The molecule has 5 aliphatic carbocycles. The van der Waals surface area contributed by atoms with E-state index in [2.05, 4.69) is 0 Å². The summed E-state index contributed by atoms with van der Waals surface area (Å²) in [5.74, 6) is -9.23. The molecular formula is C24H24O12. The van der Waals surface area contributed by atoms with Gasteiger partial charge >= 0.3 is 35.8 Å². The van der Waals surface area contributed by atoms with Gasteiger partial charge in [-0.05, 0) is 5.92 Å². The molecule has 0 radical (unpaired) electrons. The van der Waals surface area contributed by atoms with Crippen LogP contribution in [0.3, 0.4) is 0 Å². The van der Waals surface area contributed by atoms with Gasteiger partial charge in [0.1, 0.15) is 5.41 Å². The standard InChI is InChI=1S/C24H24O12/c1-31-16(25)9-7-8-12-15(22(8,9)19(28)34-4)24(21(30)36-6)14-11(18(27)33-3)10(17(26)32-2)13(14)23(12,24)20(29)35-5/h7-8,12-15H,1-6H3. The molecule has 0 N–H and O–H groups in total. The highest BCUT2D eigenvalue weighted by molar-refractivity contribution is 6.13. The molecule has 0 amide bonds. The van der Waals surface area contributed by atoms with Crippen LogP contribution in [0.15, 0.2) is 22.8 Å². The molecule has 8 atom stereocenters. The van der Waals surface area contributed by atoms with Gasteiger partial charge in [0.2, 0.25) is 0 Å². The summed E-state index contributed by atoms with van der Waals surface area (Å²) in [5, 5.41) is 0. The second-order valence-corrected chi connectivity index (χ2v) is 9.45. The number of allylic oxidation sites excluding steroid dienone is 1. The average Bonchev–Trinajstić information content (AvgIpc) is 2.87. The van der Waals surface area contributed by atoms with Crippen molar-refractivity contribution in [3.63, 3.8) is 0 Å². The number of fused-ring (bicyclic) bond motifs is 10. The summed E-state index contributed by atoms with van der Waals surface area (Å²) in [6, 6.07) is 0. The van der Waals surface area contributed by atoms with Gasteiger partial charge in [-0.2, -0.15) is 0 Å². The molecule has 8 unspecified atom stereocenters. The summed E-state index contributed by atoms with van der Waals surface area (Å²) < 4.78 is 30.0. The van der Waals surface area contributed by atoms with E-state index in [0.29, 0.717) is 0 Å². The molecule has 3 fully saturated rings. The molecular weight excluding hydrogens is 480 g/mol. The SMILES string of the molecule is COC(=O)C1=CC2C3C(C12C(=O)OC)C1(C(=O)OC)C2C(C(=O)OC)=C(C(=O)OC)C2C31C(=O)OC. The van der Waals surface area contributed by atoms with Gasteiger partial charge in [0, 0.05) is 23.7 Å². The molecule has 0 bridgehead atoms. The van der Waals surface area contributed by atoms with Gasteiger partial charge in [-0.15, -0.1) is 0 Å². The predicted octanol–water partition coefficient (Wildman–Crippen LogP) is -0.644. The van der Waals surface area contributed by atoms with E-state index in [9.17, 15) is 28.8 Å². The Morgan fingerprint density at radius 2 is 1.06 bits per heavy atom. The van der Waals surface area contributed by atoms with Crippen LogP contribution in [0.1, 0.15) is 0 Å². The molecule has 0 aromatic carbocycles. The number of hydrogen-bond donors (Lipinski definition) is 0. The molecule has 0 aliphatic heterocycles. The minimum Gasteiger partial charge on any atom is -0.469 e. The first-order chi connectivity index (χ1) is 17.1. The van der Waals surface area contributed by atoms with Gasteiger partial charge in [0.25, 0.3) is 0 Å². The lowest BCUT2D eigenvalue weighted by Crippen LogP contribution is -2.98. The monoisotopic (exact) mass is 504 g/mol. The largest absolute Gasteiger partial charge is 0.469 e. The number of ether oxygens (including phenoxy) is 6. The van der Waals surface area contributed by atoms with E-state index in [4.69, 9.17) is 28.4 Å². The number of esters is 6. The Balaban J connectivity index is 1.79. The van der Waals surface area contributed by atoms with Gasteiger partial charge in [0.15, 0.2) is 0 Å². The van der Waals surface area contributed by atoms with Gasteiger partial charge in [0.05, 0.1) is 70.2 Å². The number of hydrogen-bond acceptors (Lipinski definition) is 12. The first kappa shape index (κ1) is 24.0. The van der Waals surface area contributed by atoms with Gasteiger partial charge in [-0.1, -0.05) is 6.08 Å². The maximum Gasteiger partial charge on any atom is 0.334 e. The van der Waals surface area contributed by atoms with Crippen molar-refractivity contribution < 1.29 is 57.2 Å². The summed E-state index contributed by atoms with van der Waals surface area (Å²) >= 11 is 0. The highest BCUT2D eigenvalue weighted by Crippen LogP contribution is 2.97. The van der Waals surface area contributed by atoms with Crippen molar-refractivity contribution in [2.24, 2.45) is 45.8 Å². The van der Waals surface area contributed by atoms with Crippen LogP contribution >= 0.6 is 0 Å². The Bertz CT molecular complexity index is 1230. The normalized spacial score (nSPS) is 39.6. The lowest BCUT2D eigenvalue weighted by molar-refractivity contribution is -0.416. The fourth-order valence-corrected chi connectivity index (χ4v) is 8.44. The van der Waals surface area contributed by atoms with Crippen molar-refractivity contribution >= 4 is 35.8 Å². The molecule has 12 heteroatoms. The van der Waals surface area contributed by atoms with Crippen molar-refractivity contribution in [3.8, 4) is 0 Å². The molecule has 5 aliphatic rings. The zero-order valence-electron chi connectivity index (χ0n) is 20.4. The predicted molar refractivity (Wildman–Crippen MR) is 112 cm³/mol. The fraction of sp³-hybridized carbons (Fsp3) is 0.583. The molecule has 0 aromatic rings.